The molecule has 1 saturated carbocycles. The molecule has 2 fully saturated rings. The number of Topliss-reactive ketones (excluding diaryl/α,β-unsaturated/α-hetero) is 1. The number of likely N-dealkylation sites (N-methyl/N-ethyl adjacent to an activating group) is 1. The molecule has 12 nitrogen and oxygen atoms in total. The first-order valence-corrected chi connectivity index (χ1v) is 15.4. The van der Waals surface area contributed by atoms with Gasteiger partial charge in [0.2, 0.25) is 17.7 Å². The fourth-order valence-corrected chi connectivity index (χ4v) is 6.34. The highest BCUT2D eigenvalue weighted by Crippen LogP contribution is 2.59. The topological polar surface area (TPSA) is 143 Å². The summed E-state index contributed by atoms with van der Waals surface area (Å²) in [5.74, 6) is 0.0278. The van der Waals surface area contributed by atoms with Crippen molar-refractivity contribution in [3.63, 3.8) is 0 Å². The second-order valence-electron chi connectivity index (χ2n) is 12.3. The lowest BCUT2D eigenvalue weighted by Gasteiger charge is -2.27. The Labute approximate surface area is 268 Å². The Balaban J connectivity index is 1.25. The van der Waals surface area contributed by atoms with Crippen molar-refractivity contribution in [3.8, 4) is 11.1 Å². The van der Waals surface area contributed by atoms with Gasteiger partial charge in [0, 0.05) is 50.4 Å². The first-order valence-electron chi connectivity index (χ1n) is 14.6. The largest absolute Gasteiger partial charge is 0.348 e. The average Bonchev–Trinajstić information content (AvgIpc) is 3.36. The van der Waals surface area contributed by atoms with Gasteiger partial charge in [-0.15, -0.1) is 0 Å². The van der Waals surface area contributed by atoms with Gasteiger partial charge in [0.05, 0.1) is 11.9 Å². The van der Waals surface area contributed by atoms with Crippen molar-refractivity contribution in [2.75, 3.05) is 19.4 Å². The third-order valence-electron chi connectivity index (χ3n) is 8.75. The molecule has 1 aliphatic heterocycles. The number of amides is 3. The number of aryl methyl sites for hydroxylation is 1. The quantitative estimate of drug-likeness (QED) is 0.220. The Morgan fingerprint density at radius 3 is 2.49 bits per heavy atom. The highest BCUT2D eigenvalue weighted by atomic mass is 79.9. The number of rotatable bonds is 8. The van der Waals surface area contributed by atoms with Gasteiger partial charge in [-0.3, -0.25) is 23.9 Å². The number of fused-ring (bicyclic) bond motifs is 2. The number of carbonyl (C=O) groups is 4. The van der Waals surface area contributed by atoms with Crippen LogP contribution in [0.1, 0.15) is 48.6 Å². The molecular weight excluding hydrogens is 640 g/mol. The van der Waals surface area contributed by atoms with Gasteiger partial charge < -0.3 is 15.1 Å². The van der Waals surface area contributed by atoms with E-state index in [1.807, 2.05) is 31.2 Å². The first-order chi connectivity index (χ1) is 21.3. The summed E-state index contributed by atoms with van der Waals surface area (Å²) in [6, 6.07) is 8.50. The van der Waals surface area contributed by atoms with Crippen LogP contribution in [0.4, 0.5) is 5.82 Å². The molecule has 1 N–H and O–H groups in total. The Hall–Kier alpha value is -4.52. The third-order valence-corrected chi connectivity index (χ3v) is 9.19. The van der Waals surface area contributed by atoms with Gasteiger partial charge in [-0.05, 0) is 70.4 Å². The molecular formula is C32H33BrN8O4. The van der Waals surface area contributed by atoms with Crippen LogP contribution in [-0.2, 0) is 27.3 Å². The van der Waals surface area contributed by atoms with Crippen molar-refractivity contribution < 1.29 is 19.2 Å². The molecule has 1 aliphatic carbocycles. The molecule has 232 valence electrons. The summed E-state index contributed by atoms with van der Waals surface area (Å²) in [7, 11) is 3.36. The van der Waals surface area contributed by atoms with E-state index in [0.717, 1.165) is 17.5 Å². The van der Waals surface area contributed by atoms with E-state index in [0.29, 0.717) is 39.1 Å². The van der Waals surface area contributed by atoms with Crippen molar-refractivity contribution in [1.82, 2.24) is 34.5 Å². The number of hydrogen-bond donors (Lipinski definition) is 1. The number of halogens is 1. The summed E-state index contributed by atoms with van der Waals surface area (Å²) in [6.45, 7) is 5.28. The van der Waals surface area contributed by atoms with Crippen LogP contribution in [0.2, 0.25) is 0 Å². The molecule has 3 aromatic heterocycles. The molecule has 4 heterocycles. The summed E-state index contributed by atoms with van der Waals surface area (Å²) < 4.78 is 2.14. The average molecular weight is 674 g/mol. The van der Waals surface area contributed by atoms with Crippen molar-refractivity contribution in [2.45, 2.75) is 58.7 Å². The second-order valence-corrected chi connectivity index (χ2v) is 13.1. The lowest BCUT2D eigenvalue weighted by Crippen LogP contribution is -2.47. The number of nitrogens with one attached hydrogen (secondary N) is 1. The van der Waals surface area contributed by atoms with E-state index in [4.69, 9.17) is 0 Å². The van der Waals surface area contributed by atoms with Crippen LogP contribution >= 0.6 is 15.9 Å². The van der Waals surface area contributed by atoms with Gasteiger partial charge in [0.25, 0.3) is 0 Å². The van der Waals surface area contributed by atoms with Gasteiger partial charge in [0.15, 0.2) is 5.78 Å². The van der Waals surface area contributed by atoms with E-state index in [9.17, 15) is 19.2 Å². The van der Waals surface area contributed by atoms with E-state index < -0.39 is 6.04 Å². The van der Waals surface area contributed by atoms with Crippen molar-refractivity contribution >= 4 is 56.2 Å². The zero-order valence-electron chi connectivity index (χ0n) is 25.7. The Morgan fingerprint density at radius 1 is 1.07 bits per heavy atom. The van der Waals surface area contributed by atoms with E-state index >= 15 is 0 Å². The van der Waals surface area contributed by atoms with Gasteiger partial charge in [-0.2, -0.15) is 5.10 Å². The molecule has 0 unspecified atom stereocenters. The number of aromatic nitrogens is 5. The van der Waals surface area contributed by atoms with Crippen LogP contribution in [0.5, 0.6) is 0 Å². The second kappa shape index (κ2) is 11.4. The Bertz CT molecular complexity index is 1870. The molecule has 3 atom stereocenters. The predicted molar refractivity (Wildman–Crippen MR) is 170 cm³/mol. The smallest absolute Gasteiger partial charge is 0.248 e. The number of benzene rings is 1. The molecule has 45 heavy (non-hydrogen) atoms. The lowest BCUT2D eigenvalue weighted by molar-refractivity contribution is -0.138. The van der Waals surface area contributed by atoms with Crippen LogP contribution in [0.25, 0.3) is 22.0 Å². The Kier molecular flexibility index (Phi) is 7.76. The van der Waals surface area contributed by atoms with E-state index in [1.54, 1.807) is 37.5 Å². The van der Waals surface area contributed by atoms with Crippen LogP contribution < -0.4 is 5.32 Å². The van der Waals surface area contributed by atoms with E-state index in [1.165, 1.54) is 16.5 Å². The molecule has 4 aromatic rings. The number of anilines is 1. The summed E-state index contributed by atoms with van der Waals surface area (Å²) in [6.07, 6.45) is 4.78. The van der Waals surface area contributed by atoms with Crippen LogP contribution in [0.3, 0.4) is 0 Å². The number of ketones is 1. The van der Waals surface area contributed by atoms with Crippen molar-refractivity contribution in [1.29, 1.82) is 0 Å². The standard InChI is InChI=1S/C32H33BrN8O4/c1-17-6-9-25(33)36-30(17)37-31(45)23-12-32(3)13-24(32)41(23)28(44)16-40-22-8-7-19(10-21(22)29(38-40)18(2)42)20-14-34-26(35-15-20)11-27(43)39(4)5/h6-10,14-15,23-24H,11-13,16H2,1-5H3,(H,36,37,45)/t23-,24+,32-/m0/s1. The maximum Gasteiger partial charge on any atom is 0.248 e. The fourth-order valence-electron chi connectivity index (χ4n) is 6.03. The normalized spacial score (nSPS) is 20.2. The number of likely N-dealkylation sites (tertiary alicyclic amines) is 1. The number of nitrogens with zero attached hydrogens (tertiary/aromatic N) is 7. The molecule has 13 heteroatoms. The molecule has 3 amide bonds. The number of pyridine rings is 1. The molecule has 1 saturated heterocycles. The number of hydrogen-bond acceptors (Lipinski definition) is 8. The lowest BCUT2D eigenvalue weighted by atomic mass is 10.0. The molecule has 0 radical (unpaired) electrons. The van der Waals surface area contributed by atoms with Crippen LogP contribution in [0.15, 0.2) is 47.3 Å². The van der Waals surface area contributed by atoms with Crippen molar-refractivity contribution in [2.24, 2.45) is 5.41 Å². The molecule has 0 bridgehead atoms. The molecule has 6 rings (SSSR count). The summed E-state index contributed by atoms with van der Waals surface area (Å²) in [5.41, 5.74) is 3.06. The maximum atomic E-state index is 13.9. The zero-order chi connectivity index (χ0) is 32.2. The van der Waals surface area contributed by atoms with Gasteiger partial charge in [0.1, 0.15) is 34.5 Å². The van der Waals surface area contributed by atoms with Crippen molar-refractivity contribution in [3.05, 3.63) is 64.4 Å². The first kappa shape index (κ1) is 30.5. The fraction of sp³-hybridized carbons (Fsp3) is 0.375. The SMILES string of the molecule is CC(=O)c1nn(CC(=O)N2[C@H](C(=O)Nc3nc(Br)ccc3C)C[C@@]3(C)C[C@@H]23)c2ccc(-c3cnc(CC(=O)N(C)C)nc3)cc12. The van der Waals surface area contributed by atoms with E-state index in [2.05, 4.69) is 48.2 Å². The third kappa shape index (κ3) is 5.84. The van der Waals surface area contributed by atoms with Gasteiger partial charge >= 0.3 is 0 Å². The minimum absolute atomic E-state index is 0.0333. The predicted octanol–water partition coefficient (Wildman–Crippen LogP) is 3.81. The summed E-state index contributed by atoms with van der Waals surface area (Å²) in [4.78, 5) is 68.3. The molecule has 2 aliphatic rings. The highest BCUT2D eigenvalue weighted by molar-refractivity contribution is 9.10. The zero-order valence-corrected chi connectivity index (χ0v) is 27.3. The number of carbonyl (C=O) groups excluding carboxylic acids is 4. The van der Waals surface area contributed by atoms with Gasteiger partial charge in [-0.1, -0.05) is 19.1 Å². The van der Waals surface area contributed by atoms with Crippen LogP contribution in [-0.4, -0.2) is 84.2 Å². The summed E-state index contributed by atoms with van der Waals surface area (Å²) >= 11 is 3.35. The van der Waals surface area contributed by atoms with E-state index in [-0.39, 0.29) is 53.6 Å². The van der Waals surface area contributed by atoms with Gasteiger partial charge in [-0.25, -0.2) is 15.0 Å². The van der Waals surface area contributed by atoms with Crippen LogP contribution in [0, 0.1) is 12.3 Å². The Morgan fingerprint density at radius 2 is 1.80 bits per heavy atom. The number of piperidine rings is 1. The molecule has 0 spiro atoms. The maximum absolute atomic E-state index is 13.9. The monoisotopic (exact) mass is 672 g/mol. The highest BCUT2D eigenvalue weighted by Gasteiger charge is 2.64. The minimum Gasteiger partial charge on any atom is -0.348 e. The minimum atomic E-state index is -0.641. The molecule has 1 aromatic carbocycles. The summed E-state index contributed by atoms with van der Waals surface area (Å²) in [5, 5.41) is 8.06.